The topological polar surface area (TPSA) is 72.9 Å². The van der Waals surface area contributed by atoms with Gasteiger partial charge in [-0.2, -0.15) is 13.2 Å². The van der Waals surface area contributed by atoms with Crippen LogP contribution in [0.3, 0.4) is 0 Å². The molecule has 2 amide bonds. The first-order valence-electron chi connectivity index (χ1n) is 12.3. The Labute approximate surface area is 219 Å². The zero-order valence-electron chi connectivity index (χ0n) is 20.8. The van der Waals surface area contributed by atoms with Gasteiger partial charge in [-0.1, -0.05) is 41.9 Å². The second-order valence-electron chi connectivity index (χ2n) is 10.1. The third-order valence-corrected chi connectivity index (χ3v) is 7.84. The zero-order chi connectivity index (χ0) is 27.0. The number of halogens is 4. The lowest BCUT2D eigenvalue weighted by Crippen LogP contribution is -2.54. The summed E-state index contributed by atoms with van der Waals surface area (Å²) in [6.45, 7) is 1.71. The summed E-state index contributed by atoms with van der Waals surface area (Å²) in [5.74, 6) is -0.750. The van der Waals surface area contributed by atoms with Crippen LogP contribution in [0.4, 0.5) is 18.9 Å². The SMILES string of the molecule is CN(C)C(=O)c1ccc(N2CCC([C@@H]3C[C@H]3CNC(=O)[C@@](O)(c3ccccc3)C(F)(F)F)CC2)cc1Cl. The Hall–Kier alpha value is -2.78. The summed E-state index contributed by atoms with van der Waals surface area (Å²) in [5, 5.41) is 13.2. The van der Waals surface area contributed by atoms with Crippen LogP contribution in [0, 0.1) is 17.8 Å². The van der Waals surface area contributed by atoms with Crippen molar-refractivity contribution in [2.75, 3.05) is 38.6 Å². The molecular formula is C27H31ClF3N3O3. The first-order chi connectivity index (χ1) is 17.4. The first kappa shape index (κ1) is 27.3. The van der Waals surface area contributed by atoms with Crippen LogP contribution in [0.1, 0.15) is 35.2 Å². The van der Waals surface area contributed by atoms with E-state index in [1.165, 1.54) is 23.1 Å². The van der Waals surface area contributed by atoms with Crippen molar-refractivity contribution in [3.8, 4) is 0 Å². The lowest BCUT2D eigenvalue weighted by Gasteiger charge is -2.34. The van der Waals surface area contributed by atoms with E-state index in [-0.39, 0.29) is 18.4 Å². The van der Waals surface area contributed by atoms with E-state index < -0.39 is 23.2 Å². The first-order valence-corrected chi connectivity index (χ1v) is 12.7. The Bertz CT molecular complexity index is 1140. The molecule has 0 spiro atoms. The lowest BCUT2D eigenvalue weighted by atomic mass is 9.90. The van der Waals surface area contributed by atoms with Gasteiger partial charge >= 0.3 is 6.18 Å². The van der Waals surface area contributed by atoms with Crippen molar-refractivity contribution in [1.29, 1.82) is 0 Å². The maximum atomic E-state index is 13.7. The fraction of sp³-hybridized carbons (Fsp3) is 0.481. The monoisotopic (exact) mass is 537 g/mol. The van der Waals surface area contributed by atoms with Gasteiger partial charge in [0.15, 0.2) is 0 Å². The second-order valence-corrected chi connectivity index (χ2v) is 10.5. The van der Waals surface area contributed by atoms with Crippen molar-refractivity contribution in [3.05, 3.63) is 64.7 Å². The molecule has 0 unspecified atom stereocenters. The number of amides is 2. The predicted molar refractivity (Wildman–Crippen MR) is 135 cm³/mol. The molecule has 1 saturated heterocycles. The molecule has 0 radical (unpaired) electrons. The molecule has 0 bridgehead atoms. The molecule has 1 saturated carbocycles. The molecule has 1 heterocycles. The number of carbonyl (C=O) groups excluding carboxylic acids is 2. The molecule has 2 aromatic carbocycles. The van der Waals surface area contributed by atoms with Crippen molar-refractivity contribution in [2.45, 2.75) is 31.0 Å². The highest BCUT2D eigenvalue weighted by molar-refractivity contribution is 6.34. The molecular weight excluding hydrogens is 507 g/mol. The minimum absolute atomic E-state index is 0.0968. The summed E-state index contributed by atoms with van der Waals surface area (Å²) < 4.78 is 41.1. The van der Waals surface area contributed by atoms with Gasteiger partial charge in [0.2, 0.25) is 0 Å². The lowest BCUT2D eigenvalue weighted by molar-refractivity contribution is -0.257. The molecule has 1 aliphatic carbocycles. The Morgan fingerprint density at radius 2 is 1.76 bits per heavy atom. The predicted octanol–water partition coefficient (Wildman–Crippen LogP) is 4.46. The van der Waals surface area contributed by atoms with Crippen LogP contribution in [-0.4, -0.2) is 61.7 Å². The summed E-state index contributed by atoms with van der Waals surface area (Å²) in [7, 11) is 3.35. The van der Waals surface area contributed by atoms with Gasteiger partial charge in [-0.3, -0.25) is 9.59 Å². The van der Waals surface area contributed by atoms with Gasteiger partial charge in [0.1, 0.15) is 0 Å². The molecule has 6 nitrogen and oxygen atoms in total. The Morgan fingerprint density at radius 3 is 2.32 bits per heavy atom. The number of nitrogens with one attached hydrogen (secondary N) is 1. The number of hydrogen-bond acceptors (Lipinski definition) is 4. The summed E-state index contributed by atoms with van der Waals surface area (Å²) in [6.07, 6.45) is -2.47. The smallest absolute Gasteiger partial charge is 0.371 e. The molecule has 2 fully saturated rings. The second kappa shape index (κ2) is 10.5. The van der Waals surface area contributed by atoms with E-state index >= 15 is 0 Å². The normalized spacial score (nSPS) is 21.8. The van der Waals surface area contributed by atoms with Gasteiger partial charge in [-0.05, 0) is 55.2 Å². The van der Waals surface area contributed by atoms with E-state index in [9.17, 15) is 27.9 Å². The molecule has 2 N–H and O–H groups in total. The van der Waals surface area contributed by atoms with E-state index in [1.807, 2.05) is 12.1 Å². The number of anilines is 1. The standard InChI is InChI=1S/C27H31ClF3N3O3/c1-33(2)24(35)21-9-8-20(15-23(21)28)34-12-10-17(11-13-34)22-14-18(22)16-32-25(36)26(37,27(29,30)31)19-6-4-3-5-7-19/h3-9,15,17-18,22,37H,10-14,16H2,1-2H3,(H,32,36)/t18-,22-,26-/m0/s1. The highest BCUT2D eigenvalue weighted by atomic mass is 35.5. The Kier molecular flexibility index (Phi) is 7.76. The number of hydrogen-bond donors (Lipinski definition) is 2. The van der Waals surface area contributed by atoms with Gasteiger partial charge in [0.25, 0.3) is 17.4 Å². The number of aliphatic hydroxyl groups is 1. The van der Waals surface area contributed by atoms with Crippen LogP contribution >= 0.6 is 11.6 Å². The quantitative estimate of drug-likeness (QED) is 0.547. The summed E-state index contributed by atoms with van der Waals surface area (Å²) in [5.41, 5.74) is -2.68. The molecule has 200 valence electrons. The van der Waals surface area contributed by atoms with Gasteiger partial charge in [0, 0.05) is 45.0 Å². The average Bonchev–Trinajstić information content (AvgIpc) is 3.66. The third-order valence-electron chi connectivity index (χ3n) is 7.53. The number of carbonyl (C=O) groups is 2. The fourth-order valence-electron chi connectivity index (χ4n) is 5.24. The molecule has 10 heteroatoms. The van der Waals surface area contributed by atoms with E-state index in [0.29, 0.717) is 22.4 Å². The Balaban J connectivity index is 1.29. The fourth-order valence-corrected chi connectivity index (χ4v) is 5.49. The number of alkyl halides is 3. The van der Waals surface area contributed by atoms with Gasteiger partial charge < -0.3 is 20.2 Å². The average molecular weight is 538 g/mol. The third kappa shape index (κ3) is 5.57. The van der Waals surface area contributed by atoms with Crippen LogP contribution < -0.4 is 10.2 Å². The summed E-state index contributed by atoms with van der Waals surface area (Å²) >= 11 is 6.36. The molecule has 0 aromatic heterocycles. The minimum atomic E-state index is -5.14. The van der Waals surface area contributed by atoms with Crippen LogP contribution in [-0.2, 0) is 10.4 Å². The number of piperidine rings is 1. The van der Waals surface area contributed by atoms with Crippen LogP contribution in [0.15, 0.2) is 48.5 Å². The largest absolute Gasteiger partial charge is 0.430 e. The van der Waals surface area contributed by atoms with Crippen LogP contribution in [0.2, 0.25) is 5.02 Å². The molecule has 2 aliphatic rings. The highest BCUT2D eigenvalue weighted by Gasteiger charge is 2.61. The van der Waals surface area contributed by atoms with E-state index in [4.69, 9.17) is 11.6 Å². The number of benzene rings is 2. The van der Waals surface area contributed by atoms with Crippen molar-refractivity contribution >= 4 is 29.1 Å². The molecule has 2 aromatic rings. The summed E-state index contributed by atoms with van der Waals surface area (Å²) in [4.78, 5) is 28.4. The molecule has 37 heavy (non-hydrogen) atoms. The van der Waals surface area contributed by atoms with Gasteiger partial charge in [0.05, 0.1) is 10.6 Å². The van der Waals surface area contributed by atoms with E-state index in [0.717, 1.165) is 50.2 Å². The van der Waals surface area contributed by atoms with Crippen LogP contribution in [0.5, 0.6) is 0 Å². The molecule has 3 atom stereocenters. The van der Waals surface area contributed by atoms with Gasteiger partial charge in [-0.15, -0.1) is 0 Å². The van der Waals surface area contributed by atoms with Crippen molar-refractivity contribution in [1.82, 2.24) is 10.2 Å². The van der Waals surface area contributed by atoms with Crippen molar-refractivity contribution < 1.29 is 27.9 Å². The zero-order valence-corrected chi connectivity index (χ0v) is 21.5. The molecule has 1 aliphatic heterocycles. The Morgan fingerprint density at radius 1 is 1.11 bits per heavy atom. The highest BCUT2D eigenvalue weighted by Crippen LogP contribution is 2.48. The maximum absolute atomic E-state index is 13.7. The van der Waals surface area contributed by atoms with Gasteiger partial charge in [-0.25, -0.2) is 0 Å². The van der Waals surface area contributed by atoms with Crippen molar-refractivity contribution in [2.24, 2.45) is 17.8 Å². The maximum Gasteiger partial charge on any atom is 0.430 e. The minimum Gasteiger partial charge on any atom is -0.371 e. The number of nitrogens with zero attached hydrogens (tertiary/aromatic N) is 2. The number of rotatable bonds is 7. The molecule has 4 rings (SSSR count). The summed E-state index contributed by atoms with van der Waals surface area (Å²) in [6, 6.07) is 11.9. The van der Waals surface area contributed by atoms with E-state index in [1.54, 1.807) is 20.2 Å². The van der Waals surface area contributed by atoms with Crippen molar-refractivity contribution in [3.63, 3.8) is 0 Å². The van der Waals surface area contributed by atoms with Crippen LogP contribution in [0.25, 0.3) is 0 Å². The van der Waals surface area contributed by atoms with E-state index in [2.05, 4.69) is 10.2 Å².